The van der Waals surface area contributed by atoms with Crippen molar-refractivity contribution in [3.63, 3.8) is 0 Å². The number of hydrogen-bond donors (Lipinski definition) is 3. The molecule has 0 bridgehead atoms. The summed E-state index contributed by atoms with van der Waals surface area (Å²) in [6, 6.07) is 1.52. The lowest BCUT2D eigenvalue weighted by atomic mass is 9.90. The van der Waals surface area contributed by atoms with Crippen LogP contribution in [-0.2, 0) is 83.0 Å². The van der Waals surface area contributed by atoms with E-state index in [1.807, 2.05) is 6.92 Å². The molecule has 11 atom stereocenters. The van der Waals surface area contributed by atoms with Gasteiger partial charge in [-0.05, 0) is 106 Å². The monoisotopic (exact) mass is 1510 g/mol. The summed E-state index contributed by atoms with van der Waals surface area (Å²) in [7, 11) is 11.8. The number of benzene rings is 3. The van der Waals surface area contributed by atoms with Crippen molar-refractivity contribution in [2.24, 2.45) is 11.8 Å². The van der Waals surface area contributed by atoms with Crippen LogP contribution in [-0.4, -0.2) is 258 Å². The number of halogens is 7. The summed E-state index contributed by atoms with van der Waals surface area (Å²) < 4.78 is 87.5. The van der Waals surface area contributed by atoms with Crippen LogP contribution in [0, 0.1) is 18.8 Å². The number of nitrogens with one attached hydrogen (secondary N) is 3. The van der Waals surface area contributed by atoms with Crippen molar-refractivity contribution in [2.75, 3.05) is 76.5 Å². The predicted octanol–water partition coefficient (Wildman–Crippen LogP) is 6.03. The molecular formula is C74H101ClF6N12O13. The summed E-state index contributed by atoms with van der Waals surface area (Å²) in [6.45, 7) is 10.8. The highest BCUT2D eigenvalue weighted by Crippen LogP contribution is 2.37. The lowest BCUT2D eigenvalue weighted by molar-refractivity contribution is -0.274. The van der Waals surface area contributed by atoms with Crippen molar-refractivity contribution in [3.05, 3.63) is 99.6 Å². The number of rotatable bonds is 13. The third-order valence-electron chi connectivity index (χ3n) is 21.1. The smallest absolute Gasteiger partial charge is 0.406 e. The predicted molar refractivity (Wildman–Crippen MR) is 380 cm³/mol. The third kappa shape index (κ3) is 20.8. The molecule has 584 valence electrons. The van der Waals surface area contributed by atoms with Gasteiger partial charge < -0.3 is 64.8 Å². The quantitative estimate of drug-likeness (QED) is 0.165. The van der Waals surface area contributed by atoms with Crippen LogP contribution in [0.25, 0.3) is 0 Å². The summed E-state index contributed by atoms with van der Waals surface area (Å²) in [6.07, 6.45) is -10.9. The molecular weight excluding hydrogens is 1410 g/mol. The fraction of sp³-hybridized carbons (Fsp3) is 0.595. The number of fused-ring (bicyclic) bond motifs is 1. The minimum atomic E-state index is -5.18. The van der Waals surface area contributed by atoms with Gasteiger partial charge in [0, 0.05) is 82.8 Å². The van der Waals surface area contributed by atoms with Gasteiger partial charge in [0.15, 0.2) is 0 Å². The maximum atomic E-state index is 15.6. The van der Waals surface area contributed by atoms with E-state index in [-0.39, 0.29) is 56.2 Å². The molecule has 1 spiro atoms. The summed E-state index contributed by atoms with van der Waals surface area (Å²) in [4.78, 5) is 189. The first-order chi connectivity index (χ1) is 49.4. The largest absolute Gasteiger partial charge is 0.573 e. The van der Waals surface area contributed by atoms with Gasteiger partial charge in [-0.25, -0.2) is 0 Å². The minimum absolute atomic E-state index is 0.0106. The molecule has 3 N–H and O–H groups in total. The molecule has 6 rings (SSSR count). The van der Waals surface area contributed by atoms with E-state index in [1.165, 1.54) is 87.3 Å². The summed E-state index contributed by atoms with van der Waals surface area (Å²) in [5, 5.41) is 7.57. The van der Waals surface area contributed by atoms with Crippen molar-refractivity contribution in [1.29, 1.82) is 0 Å². The molecule has 1 aliphatic carbocycles. The molecule has 3 aromatic carbocycles. The molecule has 12 amide bonds. The van der Waals surface area contributed by atoms with E-state index in [9.17, 15) is 59.9 Å². The van der Waals surface area contributed by atoms with Crippen LogP contribution in [0.1, 0.15) is 127 Å². The highest BCUT2D eigenvalue weighted by molar-refractivity contribution is 6.31. The molecule has 0 aromatic heterocycles. The molecule has 2 heterocycles. The van der Waals surface area contributed by atoms with Gasteiger partial charge in [0.2, 0.25) is 70.9 Å². The molecule has 25 nitrogen and oxygen atoms in total. The first kappa shape index (κ1) is 85.9. The average molecular weight is 1520 g/mol. The second kappa shape index (κ2) is 36.0. The zero-order chi connectivity index (χ0) is 79.5. The van der Waals surface area contributed by atoms with E-state index in [4.69, 9.17) is 11.6 Å². The molecule has 1 saturated carbocycles. The molecule has 0 radical (unpaired) electrons. The fourth-order valence-corrected chi connectivity index (χ4v) is 13.8. The Morgan fingerprint density at radius 2 is 1.25 bits per heavy atom. The van der Waals surface area contributed by atoms with Gasteiger partial charge in [0.25, 0.3) is 0 Å². The van der Waals surface area contributed by atoms with Crippen LogP contribution in [0.5, 0.6) is 5.75 Å². The number of likely N-dealkylation sites (N-methyl/N-ethyl adjacent to an activating group) is 8. The number of hydrogen-bond acceptors (Lipinski definition) is 13. The normalized spacial score (nSPS) is 24.7. The molecule has 106 heavy (non-hydrogen) atoms. The van der Waals surface area contributed by atoms with E-state index >= 15 is 24.0 Å². The van der Waals surface area contributed by atoms with Gasteiger partial charge in [0.05, 0.1) is 23.6 Å². The van der Waals surface area contributed by atoms with Gasteiger partial charge in [-0.1, -0.05) is 113 Å². The second-order valence-corrected chi connectivity index (χ2v) is 29.0. The van der Waals surface area contributed by atoms with Crippen molar-refractivity contribution >= 4 is 82.5 Å². The molecule has 3 fully saturated rings. The van der Waals surface area contributed by atoms with Crippen molar-refractivity contribution in [2.45, 2.75) is 198 Å². The zero-order valence-electron chi connectivity index (χ0n) is 63.1. The van der Waals surface area contributed by atoms with Gasteiger partial charge in [-0.3, -0.25) is 57.5 Å². The number of carbonyl (C=O) groups is 12. The number of amides is 12. The van der Waals surface area contributed by atoms with Crippen LogP contribution >= 0.6 is 11.6 Å². The maximum Gasteiger partial charge on any atom is 0.573 e. The van der Waals surface area contributed by atoms with Crippen LogP contribution in [0.2, 0.25) is 5.02 Å². The van der Waals surface area contributed by atoms with E-state index in [1.54, 1.807) is 52.0 Å². The SMILES string of the molecule is CC[C@H](C)[C@@H]1NC(=O)[C@H](C)N(C)C(=O)C[C@@H](C(=O)N(C)C)N(C)C(=O)[C@H]([C@@H](C)CC)N(C)C(=O)C2(CCCC2)NC(=O)[C@H](Cc2cccc(OC(F)(F)F)c2)N(C)C(=O)[C@H](CCc2ccc(C(F)(F)F)c(Cl)c2)NC(=O)CN(C)C(=O)[C@H](Cc2ccc(C)cc2)N(C)C(=O)[C@@H]2CCN2C(=O)[C@@H](C)N(C)C1=O. The van der Waals surface area contributed by atoms with E-state index in [0.29, 0.717) is 24.8 Å². The third-order valence-corrected chi connectivity index (χ3v) is 21.4. The highest BCUT2D eigenvalue weighted by atomic mass is 35.5. The van der Waals surface area contributed by atoms with Crippen molar-refractivity contribution < 1.29 is 88.6 Å². The molecule has 2 aliphatic heterocycles. The number of aryl methyl sites for hydroxylation is 2. The number of carbonyl (C=O) groups excluding carboxylic acids is 12. The molecule has 2 saturated heterocycles. The Balaban J connectivity index is 1.51. The number of nitrogens with zero attached hydrogens (tertiary/aromatic N) is 9. The van der Waals surface area contributed by atoms with Gasteiger partial charge in [-0.2, -0.15) is 13.2 Å². The molecule has 3 aromatic rings. The van der Waals surface area contributed by atoms with E-state index in [2.05, 4.69) is 20.7 Å². The van der Waals surface area contributed by atoms with Crippen LogP contribution in [0.4, 0.5) is 26.3 Å². The first-order valence-corrected chi connectivity index (χ1v) is 35.8. The Labute approximate surface area is 620 Å². The van der Waals surface area contributed by atoms with Crippen molar-refractivity contribution in [3.8, 4) is 5.75 Å². The molecule has 3 aliphatic rings. The summed E-state index contributed by atoms with van der Waals surface area (Å²) >= 11 is 6.15. The van der Waals surface area contributed by atoms with E-state index < -0.39 is 197 Å². The van der Waals surface area contributed by atoms with Crippen molar-refractivity contribution in [1.82, 2.24) is 60.0 Å². The Kier molecular flexibility index (Phi) is 29.2. The van der Waals surface area contributed by atoms with Gasteiger partial charge >= 0.3 is 12.5 Å². The van der Waals surface area contributed by atoms with Crippen LogP contribution < -0.4 is 20.7 Å². The number of alkyl halides is 6. The van der Waals surface area contributed by atoms with Crippen LogP contribution in [0.15, 0.2) is 66.7 Å². The molecule has 32 heteroatoms. The van der Waals surface area contributed by atoms with Gasteiger partial charge in [0.1, 0.15) is 65.7 Å². The highest BCUT2D eigenvalue weighted by Gasteiger charge is 2.51. The Morgan fingerprint density at radius 1 is 0.651 bits per heavy atom. The standard InChI is InChI=1S/C74H101ClF6N12O13/c1-17-43(4)60-69(103)88(12)46(7)64(98)93-35-32-54(93)68(102)90(14)56(38-48-26-24-42(3)25-27-48)67(101)86(10)41-58(94)82-53(31-29-47-28-30-51(52(75)37-47)73(76,77)78)65(99)89(13)55(39-49-22-21-23-50(36-49)106-74(79,80)81)63(97)84-72(33-19-20-34-72)71(105)92(16)61(44(5)18-2)70(104)91(15)57(66(100)85(8)9)40-59(95)87(11)45(6)62(96)83-60/h21-28,30,36-37,43-46,53-57,60-61H,17-20,29,31-35,38-41H2,1-16H3,(H,82,94)(H,83,96)(H,84,97)/t43-,44-,45-,46+,53-,54-,55-,56-,57-,60-,61-/m0/s1. The average Bonchev–Trinajstić information content (AvgIpc) is 1.79. The zero-order valence-corrected chi connectivity index (χ0v) is 63.8. The topological polar surface area (TPSA) is 279 Å². The Morgan fingerprint density at radius 3 is 1.80 bits per heavy atom. The lowest BCUT2D eigenvalue weighted by Crippen LogP contribution is -2.65. The van der Waals surface area contributed by atoms with E-state index in [0.717, 1.165) is 82.1 Å². The lowest BCUT2D eigenvalue weighted by Gasteiger charge is -2.45. The molecule has 0 unspecified atom stereocenters. The Bertz CT molecular complexity index is 3730. The second-order valence-electron chi connectivity index (χ2n) is 28.6. The number of ether oxygens (including phenoxy) is 1. The minimum Gasteiger partial charge on any atom is -0.406 e. The fourth-order valence-electron chi connectivity index (χ4n) is 13.5. The summed E-state index contributed by atoms with van der Waals surface area (Å²) in [5.74, 6) is -11.8. The van der Waals surface area contributed by atoms with Crippen LogP contribution in [0.3, 0.4) is 0 Å². The van der Waals surface area contributed by atoms with Gasteiger partial charge in [-0.15, -0.1) is 13.2 Å². The first-order valence-electron chi connectivity index (χ1n) is 35.4. The maximum absolute atomic E-state index is 15.6. The Hall–Kier alpha value is -9.03. The summed E-state index contributed by atoms with van der Waals surface area (Å²) in [5.41, 5.74) is -1.45.